The number of thiazole rings is 1. The Morgan fingerprint density at radius 3 is 2.71 bits per heavy atom. The van der Waals surface area contributed by atoms with Crippen LogP contribution < -0.4 is 11.1 Å². The van der Waals surface area contributed by atoms with Crippen molar-refractivity contribution in [3.63, 3.8) is 0 Å². The maximum absolute atomic E-state index is 5.74. The zero-order chi connectivity index (χ0) is 14.7. The Labute approximate surface area is 129 Å². The molecular formula is C15H21N5S. The van der Waals surface area contributed by atoms with E-state index in [0.717, 1.165) is 28.8 Å². The van der Waals surface area contributed by atoms with Crippen LogP contribution in [0.1, 0.15) is 31.4 Å². The maximum Gasteiger partial charge on any atom is 0.183 e. The molecule has 1 aliphatic rings. The Morgan fingerprint density at radius 2 is 2.00 bits per heavy atom. The normalized spacial score (nSPS) is 22.2. The van der Waals surface area contributed by atoms with Crippen LogP contribution in [0.2, 0.25) is 0 Å². The van der Waals surface area contributed by atoms with Gasteiger partial charge in [0.15, 0.2) is 5.13 Å². The minimum absolute atomic E-state index is 0.523. The standard InChI is InChI=1S/C15H21N5S/c1-10-14(18-7-6-17-10)13-9-21-15(20-13)19-12-4-2-11(8-16)3-5-12/h6-7,9,11-12H,2-5,8,16H2,1H3,(H,19,20). The van der Waals surface area contributed by atoms with Crippen molar-refractivity contribution >= 4 is 16.5 Å². The molecule has 0 saturated heterocycles. The number of aromatic nitrogens is 3. The van der Waals surface area contributed by atoms with Crippen molar-refractivity contribution < 1.29 is 0 Å². The molecule has 0 aromatic carbocycles. The number of aryl methyl sites for hydroxylation is 1. The Kier molecular flexibility index (Phi) is 4.45. The van der Waals surface area contributed by atoms with E-state index in [9.17, 15) is 0 Å². The average Bonchev–Trinajstić information content (AvgIpc) is 2.97. The van der Waals surface area contributed by atoms with E-state index in [1.54, 1.807) is 23.7 Å². The summed E-state index contributed by atoms with van der Waals surface area (Å²) in [6, 6.07) is 0.523. The topological polar surface area (TPSA) is 76.7 Å². The van der Waals surface area contributed by atoms with E-state index in [-0.39, 0.29) is 0 Å². The molecule has 2 aromatic heterocycles. The molecule has 2 aromatic rings. The minimum Gasteiger partial charge on any atom is -0.359 e. The monoisotopic (exact) mass is 303 g/mol. The summed E-state index contributed by atoms with van der Waals surface area (Å²) in [6.45, 7) is 2.78. The summed E-state index contributed by atoms with van der Waals surface area (Å²) in [6.07, 6.45) is 8.22. The second kappa shape index (κ2) is 6.49. The first-order valence-electron chi connectivity index (χ1n) is 7.46. The Hall–Kier alpha value is -1.53. The number of nitrogens with zero attached hydrogens (tertiary/aromatic N) is 3. The molecule has 2 heterocycles. The highest BCUT2D eigenvalue weighted by molar-refractivity contribution is 7.14. The largest absolute Gasteiger partial charge is 0.359 e. The summed E-state index contributed by atoms with van der Waals surface area (Å²) in [5.41, 5.74) is 8.43. The Morgan fingerprint density at radius 1 is 1.24 bits per heavy atom. The molecule has 3 N–H and O–H groups in total. The number of anilines is 1. The van der Waals surface area contributed by atoms with Gasteiger partial charge in [-0.3, -0.25) is 9.97 Å². The van der Waals surface area contributed by atoms with E-state index < -0.39 is 0 Å². The fourth-order valence-electron chi connectivity index (χ4n) is 2.82. The SMILES string of the molecule is Cc1nccnc1-c1csc(NC2CCC(CN)CC2)n1. The molecule has 1 saturated carbocycles. The van der Waals surface area contributed by atoms with Gasteiger partial charge >= 0.3 is 0 Å². The molecule has 6 heteroatoms. The van der Waals surface area contributed by atoms with Gasteiger partial charge in [0.2, 0.25) is 0 Å². The first-order chi connectivity index (χ1) is 10.3. The highest BCUT2D eigenvalue weighted by Gasteiger charge is 2.21. The molecule has 112 valence electrons. The predicted molar refractivity (Wildman–Crippen MR) is 86.3 cm³/mol. The number of nitrogens with two attached hydrogens (primary N) is 1. The van der Waals surface area contributed by atoms with Gasteiger partial charge in [0.1, 0.15) is 11.4 Å². The van der Waals surface area contributed by atoms with Crippen molar-refractivity contribution in [2.45, 2.75) is 38.6 Å². The third-order valence-corrected chi connectivity index (χ3v) is 4.91. The molecule has 1 aliphatic carbocycles. The van der Waals surface area contributed by atoms with E-state index in [2.05, 4.69) is 20.3 Å². The van der Waals surface area contributed by atoms with Crippen LogP contribution in [0.4, 0.5) is 5.13 Å². The van der Waals surface area contributed by atoms with Gasteiger partial charge in [0.05, 0.1) is 5.69 Å². The lowest BCUT2D eigenvalue weighted by Gasteiger charge is -2.28. The summed E-state index contributed by atoms with van der Waals surface area (Å²) < 4.78 is 0. The van der Waals surface area contributed by atoms with E-state index in [4.69, 9.17) is 5.73 Å². The van der Waals surface area contributed by atoms with Crippen molar-refractivity contribution in [3.05, 3.63) is 23.5 Å². The molecule has 0 atom stereocenters. The molecule has 0 unspecified atom stereocenters. The zero-order valence-corrected chi connectivity index (χ0v) is 13.1. The number of rotatable bonds is 4. The summed E-state index contributed by atoms with van der Waals surface area (Å²) in [7, 11) is 0. The molecule has 0 aliphatic heterocycles. The first-order valence-corrected chi connectivity index (χ1v) is 8.34. The van der Waals surface area contributed by atoms with Crippen LogP contribution in [0.15, 0.2) is 17.8 Å². The molecule has 3 rings (SSSR count). The summed E-state index contributed by atoms with van der Waals surface area (Å²) in [5.74, 6) is 0.706. The summed E-state index contributed by atoms with van der Waals surface area (Å²) in [5, 5.41) is 6.58. The van der Waals surface area contributed by atoms with Crippen LogP contribution >= 0.6 is 11.3 Å². The van der Waals surface area contributed by atoms with Gasteiger partial charge in [-0.2, -0.15) is 0 Å². The van der Waals surface area contributed by atoms with Crippen LogP contribution in [0.3, 0.4) is 0 Å². The van der Waals surface area contributed by atoms with Crippen LogP contribution in [0, 0.1) is 12.8 Å². The van der Waals surface area contributed by atoms with Crippen LogP contribution in [0.25, 0.3) is 11.4 Å². The second-order valence-corrected chi connectivity index (χ2v) is 6.48. The Bertz CT molecular complexity index is 589. The minimum atomic E-state index is 0.523. The fraction of sp³-hybridized carbons (Fsp3) is 0.533. The predicted octanol–water partition coefficient (Wildman–Crippen LogP) is 2.84. The zero-order valence-electron chi connectivity index (χ0n) is 12.2. The molecule has 21 heavy (non-hydrogen) atoms. The molecule has 0 bridgehead atoms. The van der Waals surface area contributed by atoms with Crippen LogP contribution in [-0.2, 0) is 0 Å². The van der Waals surface area contributed by atoms with E-state index >= 15 is 0 Å². The second-order valence-electron chi connectivity index (χ2n) is 5.63. The lowest BCUT2D eigenvalue weighted by molar-refractivity contribution is 0.345. The number of hydrogen-bond acceptors (Lipinski definition) is 6. The fourth-order valence-corrected chi connectivity index (χ4v) is 3.60. The lowest BCUT2D eigenvalue weighted by atomic mass is 9.86. The average molecular weight is 303 g/mol. The quantitative estimate of drug-likeness (QED) is 0.908. The molecular weight excluding hydrogens is 282 g/mol. The van der Waals surface area contributed by atoms with E-state index in [0.29, 0.717) is 12.0 Å². The van der Waals surface area contributed by atoms with Crippen LogP contribution in [-0.4, -0.2) is 27.5 Å². The highest BCUT2D eigenvalue weighted by atomic mass is 32.1. The lowest BCUT2D eigenvalue weighted by Crippen LogP contribution is -2.29. The molecule has 5 nitrogen and oxygen atoms in total. The van der Waals surface area contributed by atoms with Gasteiger partial charge in [-0.1, -0.05) is 0 Å². The van der Waals surface area contributed by atoms with Gasteiger partial charge in [0.25, 0.3) is 0 Å². The van der Waals surface area contributed by atoms with Crippen LogP contribution in [0.5, 0.6) is 0 Å². The van der Waals surface area contributed by atoms with Gasteiger partial charge < -0.3 is 11.1 Å². The van der Waals surface area contributed by atoms with E-state index in [1.807, 2.05) is 12.3 Å². The van der Waals surface area contributed by atoms with Crippen molar-refractivity contribution in [2.75, 3.05) is 11.9 Å². The van der Waals surface area contributed by atoms with E-state index in [1.165, 1.54) is 25.7 Å². The first kappa shape index (κ1) is 14.4. The van der Waals surface area contributed by atoms with Crippen molar-refractivity contribution in [2.24, 2.45) is 11.7 Å². The molecule has 1 fully saturated rings. The number of nitrogens with one attached hydrogen (secondary N) is 1. The third kappa shape index (κ3) is 3.39. The third-order valence-electron chi connectivity index (χ3n) is 4.14. The van der Waals surface area contributed by atoms with Gasteiger partial charge in [-0.05, 0) is 45.1 Å². The number of hydrogen-bond donors (Lipinski definition) is 2. The summed E-state index contributed by atoms with van der Waals surface area (Å²) in [4.78, 5) is 13.3. The van der Waals surface area contributed by atoms with Gasteiger partial charge in [-0.25, -0.2) is 4.98 Å². The van der Waals surface area contributed by atoms with Crippen molar-refractivity contribution in [1.82, 2.24) is 15.0 Å². The molecule has 0 amide bonds. The maximum atomic E-state index is 5.74. The highest BCUT2D eigenvalue weighted by Crippen LogP contribution is 2.29. The Balaban J connectivity index is 1.65. The van der Waals surface area contributed by atoms with Gasteiger partial charge in [0, 0.05) is 23.8 Å². The molecule has 0 radical (unpaired) electrons. The smallest absolute Gasteiger partial charge is 0.183 e. The van der Waals surface area contributed by atoms with Crippen molar-refractivity contribution in [3.8, 4) is 11.4 Å². The summed E-state index contributed by atoms with van der Waals surface area (Å²) >= 11 is 1.64. The van der Waals surface area contributed by atoms with Gasteiger partial charge in [-0.15, -0.1) is 11.3 Å². The molecule has 0 spiro atoms. The van der Waals surface area contributed by atoms with Crippen molar-refractivity contribution in [1.29, 1.82) is 0 Å².